The number of aromatic amines is 1. The van der Waals surface area contributed by atoms with Gasteiger partial charge in [-0.15, -0.1) is 0 Å². The predicted molar refractivity (Wildman–Crippen MR) is 86.6 cm³/mol. The Kier molecular flexibility index (Phi) is 3.34. The van der Waals surface area contributed by atoms with Crippen molar-refractivity contribution >= 4 is 10.9 Å². The summed E-state index contributed by atoms with van der Waals surface area (Å²) in [6.45, 7) is 6.29. The second kappa shape index (κ2) is 5.17. The minimum Gasteiger partial charge on any atom is -0.306 e. The van der Waals surface area contributed by atoms with Crippen LogP contribution in [0.4, 0.5) is 0 Å². The number of hydrogen-bond donors (Lipinski definition) is 1. The summed E-state index contributed by atoms with van der Waals surface area (Å²) < 4.78 is 0. The van der Waals surface area contributed by atoms with Crippen LogP contribution in [0.5, 0.6) is 0 Å². The van der Waals surface area contributed by atoms with Crippen molar-refractivity contribution in [2.45, 2.75) is 26.7 Å². The van der Waals surface area contributed by atoms with Gasteiger partial charge in [-0.25, -0.2) is 4.98 Å². The van der Waals surface area contributed by atoms with Gasteiger partial charge in [-0.1, -0.05) is 49.7 Å². The van der Waals surface area contributed by atoms with E-state index in [2.05, 4.69) is 35.9 Å². The summed E-state index contributed by atoms with van der Waals surface area (Å²) in [5, 5.41) is 0.637. The highest BCUT2D eigenvalue weighted by Crippen LogP contribution is 2.20. The molecule has 0 saturated carbocycles. The first-order valence-corrected chi connectivity index (χ1v) is 7.15. The summed E-state index contributed by atoms with van der Waals surface area (Å²) in [6, 6.07) is 13.9. The Hall–Kier alpha value is -2.42. The van der Waals surface area contributed by atoms with Crippen molar-refractivity contribution in [3.8, 4) is 11.4 Å². The van der Waals surface area contributed by atoms with E-state index in [9.17, 15) is 4.79 Å². The van der Waals surface area contributed by atoms with E-state index >= 15 is 0 Å². The molecule has 0 spiro atoms. The van der Waals surface area contributed by atoms with Gasteiger partial charge in [-0.2, -0.15) is 0 Å². The number of rotatable bonds is 2. The van der Waals surface area contributed by atoms with Gasteiger partial charge in [-0.3, -0.25) is 4.79 Å². The molecule has 0 aliphatic carbocycles. The van der Waals surface area contributed by atoms with Crippen LogP contribution in [0.2, 0.25) is 0 Å². The van der Waals surface area contributed by atoms with Gasteiger partial charge in [-0.05, 0) is 30.5 Å². The van der Waals surface area contributed by atoms with Gasteiger partial charge < -0.3 is 4.98 Å². The van der Waals surface area contributed by atoms with Crippen LogP contribution in [-0.4, -0.2) is 9.97 Å². The minimum absolute atomic E-state index is 0.0911. The summed E-state index contributed by atoms with van der Waals surface area (Å²) in [4.78, 5) is 19.6. The highest BCUT2D eigenvalue weighted by atomic mass is 16.1. The van der Waals surface area contributed by atoms with Crippen LogP contribution < -0.4 is 5.56 Å². The van der Waals surface area contributed by atoms with E-state index in [-0.39, 0.29) is 5.56 Å². The first-order chi connectivity index (χ1) is 10.0. The van der Waals surface area contributed by atoms with Crippen LogP contribution in [0.1, 0.15) is 30.9 Å². The first-order valence-electron chi connectivity index (χ1n) is 7.15. The largest absolute Gasteiger partial charge is 0.306 e. The van der Waals surface area contributed by atoms with Crippen LogP contribution in [0, 0.1) is 6.92 Å². The number of hydrogen-bond acceptors (Lipinski definition) is 2. The zero-order valence-electron chi connectivity index (χ0n) is 12.5. The first kappa shape index (κ1) is 13.6. The maximum atomic E-state index is 12.2. The van der Waals surface area contributed by atoms with Gasteiger partial charge in [0, 0.05) is 5.56 Å². The van der Waals surface area contributed by atoms with Crippen LogP contribution in [0.3, 0.4) is 0 Å². The number of nitrogens with one attached hydrogen (secondary N) is 1. The van der Waals surface area contributed by atoms with E-state index in [1.165, 1.54) is 5.56 Å². The fourth-order valence-electron chi connectivity index (χ4n) is 2.42. The van der Waals surface area contributed by atoms with Crippen LogP contribution in [0.15, 0.2) is 47.3 Å². The molecular formula is C18H18N2O. The van der Waals surface area contributed by atoms with Crippen molar-refractivity contribution in [1.82, 2.24) is 9.97 Å². The number of H-pyrrole nitrogens is 1. The fraction of sp³-hybridized carbons (Fsp3) is 0.222. The molecule has 1 heterocycles. The number of aryl methyl sites for hydroxylation is 1. The molecule has 106 valence electrons. The van der Waals surface area contributed by atoms with Crippen LogP contribution >= 0.6 is 0 Å². The summed E-state index contributed by atoms with van der Waals surface area (Å²) in [7, 11) is 0. The van der Waals surface area contributed by atoms with E-state index in [0.29, 0.717) is 17.1 Å². The molecule has 0 radical (unpaired) electrons. The van der Waals surface area contributed by atoms with E-state index in [1.54, 1.807) is 0 Å². The molecule has 0 fully saturated rings. The smallest absolute Gasteiger partial charge is 0.259 e. The molecule has 1 aromatic heterocycles. The Morgan fingerprint density at radius 2 is 1.76 bits per heavy atom. The normalized spacial score (nSPS) is 11.2. The van der Waals surface area contributed by atoms with Crippen LogP contribution in [-0.2, 0) is 0 Å². The maximum Gasteiger partial charge on any atom is 0.259 e. The lowest BCUT2D eigenvalue weighted by Crippen LogP contribution is -2.09. The lowest BCUT2D eigenvalue weighted by molar-refractivity contribution is 0.867. The molecule has 0 aliphatic rings. The summed E-state index contributed by atoms with van der Waals surface area (Å²) in [6.07, 6.45) is 0. The average molecular weight is 278 g/mol. The molecule has 0 bridgehead atoms. The summed E-state index contributed by atoms with van der Waals surface area (Å²) in [5.74, 6) is 1.11. The number of nitrogens with zero attached hydrogens (tertiary/aromatic N) is 1. The van der Waals surface area contributed by atoms with Gasteiger partial charge in [0.25, 0.3) is 5.56 Å². The van der Waals surface area contributed by atoms with Gasteiger partial charge in [0.2, 0.25) is 0 Å². The molecule has 2 aromatic carbocycles. The Labute approximate surface area is 123 Å². The van der Waals surface area contributed by atoms with Crippen molar-refractivity contribution in [3.63, 3.8) is 0 Å². The number of aromatic nitrogens is 2. The van der Waals surface area contributed by atoms with Crippen molar-refractivity contribution in [3.05, 3.63) is 63.9 Å². The van der Waals surface area contributed by atoms with E-state index < -0.39 is 0 Å². The molecule has 0 unspecified atom stereocenters. The number of fused-ring (bicyclic) bond motifs is 1. The van der Waals surface area contributed by atoms with Crippen molar-refractivity contribution in [2.24, 2.45) is 0 Å². The topological polar surface area (TPSA) is 45.8 Å². The van der Waals surface area contributed by atoms with E-state index in [4.69, 9.17) is 0 Å². The van der Waals surface area contributed by atoms with E-state index in [0.717, 1.165) is 16.6 Å². The molecule has 3 nitrogen and oxygen atoms in total. The molecule has 0 atom stereocenters. The summed E-state index contributed by atoms with van der Waals surface area (Å²) in [5.41, 5.74) is 3.90. The van der Waals surface area contributed by atoms with Crippen LogP contribution in [0.25, 0.3) is 22.3 Å². The maximum absolute atomic E-state index is 12.2. The highest BCUT2D eigenvalue weighted by Gasteiger charge is 2.07. The zero-order valence-corrected chi connectivity index (χ0v) is 12.5. The zero-order chi connectivity index (χ0) is 15.0. The third-order valence-corrected chi connectivity index (χ3v) is 3.71. The molecule has 1 N–H and O–H groups in total. The fourth-order valence-corrected chi connectivity index (χ4v) is 2.42. The Morgan fingerprint density at radius 3 is 2.43 bits per heavy atom. The van der Waals surface area contributed by atoms with Gasteiger partial charge in [0.05, 0.1) is 10.9 Å². The third kappa shape index (κ3) is 2.59. The predicted octanol–water partition coefficient (Wildman–Crippen LogP) is 4.02. The second-order valence-corrected chi connectivity index (χ2v) is 5.71. The van der Waals surface area contributed by atoms with Gasteiger partial charge >= 0.3 is 0 Å². The molecular weight excluding hydrogens is 260 g/mol. The summed E-state index contributed by atoms with van der Waals surface area (Å²) >= 11 is 0. The van der Waals surface area contributed by atoms with Crippen molar-refractivity contribution in [1.29, 1.82) is 0 Å². The monoisotopic (exact) mass is 278 g/mol. The SMILES string of the molecule is Cc1ccc2nc(-c3ccc(C(C)C)cc3)[nH]c(=O)c2c1. The lowest BCUT2D eigenvalue weighted by atomic mass is 10.0. The Bertz CT molecular complexity index is 845. The standard InChI is InChI=1S/C18H18N2O/c1-11(2)13-5-7-14(8-6-13)17-19-16-9-4-12(3)10-15(16)18(21)20-17/h4-11H,1-3H3,(H,19,20,21). The van der Waals surface area contributed by atoms with Gasteiger partial charge in [0.1, 0.15) is 5.82 Å². The minimum atomic E-state index is -0.0911. The molecule has 3 heteroatoms. The molecule has 3 aromatic rings. The van der Waals surface area contributed by atoms with Crippen molar-refractivity contribution in [2.75, 3.05) is 0 Å². The molecule has 3 rings (SSSR count). The molecule has 0 saturated heterocycles. The molecule has 0 amide bonds. The molecule has 21 heavy (non-hydrogen) atoms. The van der Waals surface area contributed by atoms with Gasteiger partial charge in [0.15, 0.2) is 0 Å². The highest BCUT2D eigenvalue weighted by molar-refractivity contribution is 5.80. The third-order valence-electron chi connectivity index (χ3n) is 3.71. The second-order valence-electron chi connectivity index (χ2n) is 5.71. The average Bonchev–Trinajstić information content (AvgIpc) is 2.48. The Balaban J connectivity index is 2.12. The number of benzene rings is 2. The quantitative estimate of drug-likeness (QED) is 0.769. The molecule has 0 aliphatic heterocycles. The van der Waals surface area contributed by atoms with Crippen molar-refractivity contribution < 1.29 is 0 Å². The Morgan fingerprint density at radius 1 is 1.05 bits per heavy atom. The lowest BCUT2D eigenvalue weighted by Gasteiger charge is -2.07. The van der Waals surface area contributed by atoms with E-state index in [1.807, 2.05) is 37.3 Å².